The molecule has 1 aromatic heterocycles. The molecule has 1 amide bonds. The summed E-state index contributed by atoms with van der Waals surface area (Å²) in [4.78, 5) is 20.9. The van der Waals surface area contributed by atoms with Crippen molar-refractivity contribution in [3.63, 3.8) is 0 Å². The fourth-order valence-corrected chi connectivity index (χ4v) is 4.40. The van der Waals surface area contributed by atoms with Crippen LogP contribution in [0.5, 0.6) is 5.75 Å². The number of aromatic nitrogens is 1. The van der Waals surface area contributed by atoms with Gasteiger partial charge in [-0.2, -0.15) is 5.26 Å². The average Bonchev–Trinajstić information content (AvgIpc) is 2.96. The Morgan fingerprint density at radius 2 is 2.02 bits per heavy atom. The number of allylic oxidation sites excluding steroid dienone is 2. The minimum atomic E-state index is -2.74. The molecule has 3 rings (SSSR count). The number of halogens is 2. The number of benzene rings is 1. The van der Waals surface area contributed by atoms with Crippen molar-refractivity contribution >= 4 is 23.1 Å². The lowest BCUT2D eigenvalue weighted by molar-refractivity contribution is 0.0959. The van der Waals surface area contributed by atoms with Crippen molar-refractivity contribution in [3.8, 4) is 11.8 Å². The van der Waals surface area contributed by atoms with Crippen molar-refractivity contribution in [1.82, 2.24) is 15.6 Å². The van der Waals surface area contributed by atoms with E-state index in [1.807, 2.05) is 26.0 Å². The van der Waals surface area contributed by atoms with Crippen molar-refractivity contribution in [2.75, 3.05) is 31.3 Å². The van der Waals surface area contributed by atoms with Crippen molar-refractivity contribution in [2.24, 2.45) is 4.99 Å². The standard InChI is InChI=1S/C31H39F2N7O2/c1-6-19(2)26(37-17-22-10-11-23(42-5)14-24(22)21-8-7-9-21)15-29(39-20(3)30(32)33)40-28-16-27(35-4)25(18-38-28)31(41)36-13-12-34/h10-11,14-16,18,21,30,37H,6-9,13,17H2,1-5H3,(H,36,41)(H2,35,38,40)/b26-19-,29-15+,39-20+. The number of nitrogens with one attached hydrogen (secondary N) is 4. The zero-order valence-electron chi connectivity index (χ0n) is 24.8. The van der Waals surface area contributed by atoms with Gasteiger partial charge in [0.25, 0.3) is 12.3 Å². The highest BCUT2D eigenvalue weighted by Crippen LogP contribution is 2.39. The summed E-state index contributed by atoms with van der Waals surface area (Å²) in [6.07, 6.45) is 4.55. The Morgan fingerprint density at radius 3 is 2.62 bits per heavy atom. The van der Waals surface area contributed by atoms with E-state index in [0.29, 0.717) is 24.0 Å². The molecule has 1 aliphatic carbocycles. The second-order valence-corrected chi connectivity index (χ2v) is 10.0. The van der Waals surface area contributed by atoms with Crippen LogP contribution in [0.2, 0.25) is 0 Å². The topological polar surface area (TPSA) is 123 Å². The summed E-state index contributed by atoms with van der Waals surface area (Å²) < 4.78 is 32.5. The summed E-state index contributed by atoms with van der Waals surface area (Å²) in [7, 11) is 3.30. The van der Waals surface area contributed by atoms with Crippen LogP contribution >= 0.6 is 0 Å². The first-order valence-electron chi connectivity index (χ1n) is 14.0. The molecule has 11 heteroatoms. The first-order valence-corrected chi connectivity index (χ1v) is 14.0. The Hall–Kier alpha value is -4.46. The number of alkyl halides is 2. The third-order valence-corrected chi connectivity index (χ3v) is 7.25. The van der Waals surface area contributed by atoms with Crippen molar-refractivity contribution in [3.05, 3.63) is 70.3 Å². The van der Waals surface area contributed by atoms with Crippen LogP contribution in [0.25, 0.3) is 0 Å². The maximum Gasteiger partial charge on any atom is 0.276 e. The lowest BCUT2D eigenvalue weighted by atomic mass is 9.78. The van der Waals surface area contributed by atoms with E-state index in [0.717, 1.165) is 41.8 Å². The number of rotatable bonds is 14. The van der Waals surface area contributed by atoms with Gasteiger partial charge in [-0.05, 0) is 62.3 Å². The zero-order chi connectivity index (χ0) is 30.6. The fourth-order valence-electron chi connectivity index (χ4n) is 4.40. The first kappa shape index (κ1) is 32.1. The number of ether oxygens (including phenoxy) is 1. The second kappa shape index (κ2) is 15.5. The van der Waals surface area contributed by atoms with Gasteiger partial charge in [-0.15, -0.1) is 0 Å². The van der Waals surface area contributed by atoms with Gasteiger partial charge < -0.3 is 26.0 Å². The summed E-state index contributed by atoms with van der Waals surface area (Å²) in [5.41, 5.74) is 4.51. The predicted molar refractivity (Wildman–Crippen MR) is 162 cm³/mol. The molecule has 1 heterocycles. The molecule has 9 nitrogen and oxygen atoms in total. The first-order chi connectivity index (χ1) is 20.2. The minimum absolute atomic E-state index is 0.145. The number of nitriles is 1. The molecule has 0 radical (unpaired) electrons. The zero-order valence-corrected chi connectivity index (χ0v) is 24.8. The molecule has 0 unspecified atom stereocenters. The van der Waals surface area contributed by atoms with Gasteiger partial charge in [-0.1, -0.05) is 25.0 Å². The molecule has 0 spiro atoms. The van der Waals surface area contributed by atoms with E-state index < -0.39 is 12.3 Å². The Bertz CT molecular complexity index is 1390. The monoisotopic (exact) mass is 579 g/mol. The maximum absolute atomic E-state index is 13.5. The van der Waals surface area contributed by atoms with Crippen LogP contribution in [0, 0.1) is 11.3 Å². The van der Waals surface area contributed by atoms with Gasteiger partial charge >= 0.3 is 0 Å². The van der Waals surface area contributed by atoms with Crippen LogP contribution in [-0.4, -0.2) is 43.7 Å². The van der Waals surface area contributed by atoms with Crippen LogP contribution in [0.3, 0.4) is 0 Å². The largest absolute Gasteiger partial charge is 0.497 e. The number of nitrogens with zero attached hydrogens (tertiary/aromatic N) is 3. The summed E-state index contributed by atoms with van der Waals surface area (Å²) in [5.74, 6) is 1.32. The van der Waals surface area contributed by atoms with Gasteiger partial charge in [0.1, 0.15) is 23.9 Å². The highest BCUT2D eigenvalue weighted by molar-refractivity contribution is 5.99. The van der Waals surface area contributed by atoms with Gasteiger partial charge in [-0.3, -0.25) is 4.79 Å². The lowest BCUT2D eigenvalue weighted by Gasteiger charge is -2.28. The number of aliphatic imine (C=N–C) groups is 1. The van der Waals surface area contributed by atoms with E-state index >= 15 is 0 Å². The molecule has 0 aliphatic heterocycles. The van der Waals surface area contributed by atoms with E-state index in [4.69, 9.17) is 10.00 Å². The van der Waals surface area contributed by atoms with Gasteiger partial charge in [0, 0.05) is 37.6 Å². The van der Waals surface area contributed by atoms with Gasteiger partial charge in [0.15, 0.2) is 0 Å². The molecular formula is C31H39F2N7O2. The average molecular weight is 580 g/mol. The van der Waals surface area contributed by atoms with E-state index in [1.165, 1.54) is 25.1 Å². The third-order valence-electron chi connectivity index (χ3n) is 7.25. The molecule has 1 saturated carbocycles. The normalized spacial score (nSPS) is 14.5. The second-order valence-electron chi connectivity index (χ2n) is 10.0. The van der Waals surface area contributed by atoms with Crippen molar-refractivity contribution in [1.29, 1.82) is 5.26 Å². The number of hydrogen-bond donors (Lipinski definition) is 4. The number of hydrogen-bond acceptors (Lipinski definition) is 8. The van der Waals surface area contributed by atoms with Gasteiger partial charge in [-0.25, -0.2) is 18.8 Å². The molecule has 2 aromatic rings. The van der Waals surface area contributed by atoms with Crippen molar-refractivity contribution < 1.29 is 18.3 Å². The SMILES string of the molecule is CC/C(C)=C(/C=C(\N=C(/C)C(F)F)Nc1cc(NC)c(C(=O)NCC#N)cn1)NCc1ccc(OC)cc1C1CCC1. The molecular weight excluding hydrogens is 540 g/mol. The van der Waals surface area contributed by atoms with Crippen LogP contribution < -0.4 is 26.0 Å². The van der Waals surface area contributed by atoms with E-state index in [1.54, 1.807) is 26.3 Å². The van der Waals surface area contributed by atoms with Crippen LogP contribution in [0.4, 0.5) is 20.3 Å². The quantitative estimate of drug-likeness (QED) is 0.121. The molecule has 4 N–H and O–H groups in total. The summed E-state index contributed by atoms with van der Waals surface area (Å²) in [5, 5.41) is 20.7. The minimum Gasteiger partial charge on any atom is -0.497 e. The molecule has 1 aliphatic rings. The number of methoxy groups -OCH3 is 1. The van der Waals surface area contributed by atoms with Crippen LogP contribution in [0.1, 0.15) is 73.9 Å². The fraction of sp³-hybridized carbons (Fsp3) is 0.419. The Labute approximate surface area is 246 Å². The third kappa shape index (κ3) is 8.52. The number of amides is 1. The lowest BCUT2D eigenvalue weighted by Crippen LogP contribution is -2.24. The molecule has 1 aromatic carbocycles. The number of anilines is 2. The highest BCUT2D eigenvalue weighted by atomic mass is 19.3. The predicted octanol–water partition coefficient (Wildman–Crippen LogP) is 6.11. The number of pyridine rings is 1. The molecule has 1 fully saturated rings. The molecule has 0 bridgehead atoms. The van der Waals surface area contributed by atoms with Crippen LogP contribution in [-0.2, 0) is 6.54 Å². The summed E-state index contributed by atoms with van der Waals surface area (Å²) in [6, 6.07) is 9.55. The van der Waals surface area contributed by atoms with Gasteiger partial charge in [0.05, 0.1) is 30.1 Å². The summed E-state index contributed by atoms with van der Waals surface area (Å²) in [6.45, 7) is 5.66. The number of carbonyl (C=O) groups excluding carboxylic acids is 1. The number of carbonyl (C=O) groups is 1. The smallest absolute Gasteiger partial charge is 0.276 e. The van der Waals surface area contributed by atoms with E-state index in [9.17, 15) is 13.6 Å². The summed E-state index contributed by atoms with van der Waals surface area (Å²) >= 11 is 0. The maximum atomic E-state index is 13.5. The molecule has 224 valence electrons. The Morgan fingerprint density at radius 1 is 1.26 bits per heavy atom. The van der Waals surface area contributed by atoms with E-state index in [-0.39, 0.29) is 23.6 Å². The van der Waals surface area contributed by atoms with E-state index in [2.05, 4.69) is 43.4 Å². The van der Waals surface area contributed by atoms with Gasteiger partial charge in [0.2, 0.25) is 0 Å². The van der Waals surface area contributed by atoms with Crippen LogP contribution in [0.15, 0.2) is 58.6 Å². The highest BCUT2D eigenvalue weighted by Gasteiger charge is 2.23. The molecule has 0 atom stereocenters. The van der Waals surface area contributed by atoms with Crippen molar-refractivity contribution in [2.45, 2.75) is 65.3 Å². The molecule has 42 heavy (non-hydrogen) atoms. The Balaban J connectivity index is 1.94. The molecule has 0 saturated heterocycles. The Kier molecular flexibility index (Phi) is 11.8.